The molecule has 184 valence electrons. The number of aromatic nitrogens is 4. The molecule has 0 saturated heterocycles. The Morgan fingerprint density at radius 2 is 1.83 bits per heavy atom. The molecule has 0 aliphatic carbocycles. The van der Waals surface area contributed by atoms with E-state index < -0.39 is 46.0 Å². The number of hydrogen-bond acceptors (Lipinski definition) is 8. The van der Waals surface area contributed by atoms with Crippen LogP contribution in [0, 0.1) is 23.0 Å². The van der Waals surface area contributed by atoms with E-state index in [9.17, 15) is 32.0 Å². The molecule has 4 rings (SSSR count). The number of nitriles is 1. The van der Waals surface area contributed by atoms with Crippen molar-refractivity contribution in [3.63, 3.8) is 0 Å². The minimum atomic E-state index is -4.93. The molecule has 1 unspecified atom stereocenters. The lowest BCUT2D eigenvalue weighted by Gasteiger charge is -2.21. The van der Waals surface area contributed by atoms with Crippen LogP contribution in [0.3, 0.4) is 0 Å². The summed E-state index contributed by atoms with van der Waals surface area (Å²) < 4.78 is 69.6. The van der Waals surface area contributed by atoms with Crippen molar-refractivity contribution in [3.8, 4) is 11.8 Å². The molecule has 2 aromatic carbocycles. The number of hydrogen-bond donors (Lipinski definition) is 3. The predicted molar refractivity (Wildman–Crippen MR) is 120 cm³/mol. The maximum atomic E-state index is 14.6. The molecular weight excluding hydrogens is 487 g/mol. The fourth-order valence-electron chi connectivity index (χ4n) is 3.59. The second-order valence-corrected chi connectivity index (χ2v) is 7.61. The summed E-state index contributed by atoms with van der Waals surface area (Å²) in [7, 11) is 0. The Morgan fingerprint density at radius 1 is 1.11 bits per heavy atom. The number of halogens is 5. The first-order chi connectivity index (χ1) is 16.9. The summed E-state index contributed by atoms with van der Waals surface area (Å²) in [6.07, 6.45) is -4.93. The van der Waals surface area contributed by atoms with E-state index in [2.05, 4.69) is 20.3 Å². The number of nitrogen functional groups attached to an aromatic ring is 2. The number of benzene rings is 2. The third-order valence-electron chi connectivity index (χ3n) is 5.15. The van der Waals surface area contributed by atoms with Crippen LogP contribution >= 0.6 is 0 Å². The van der Waals surface area contributed by atoms with Crippen LogP contribution in [-0.2, 0) is 6.18 Å². The van der Waals surface area contributed by atoms with Gasteiger partial charge in [-0.05, 0) is 37.3 Å². The number of nitrogens with zero attached hydrogens (tertiary/aromatic N) is 5. The van der Waals surface area contributed by atoms with Gasteiger partial charge in [0.2, 0.25) is 5.95 Å². The summed E-state index contributed by atoms with van der Waals surface area (Å²) in [6, 6.07) is 5.81. The first-order valence-corrected chi connectivity index (χ1v) is 10.1. The van der Waals surface area contributed by atoms with Gasteiger partial charge in [-0.2, -0.15) is 28.4 Å². The largest absolute Gasteiger partial charge is 0.416 e. The molecule has 9 nitrogen and oxygen atoms in total. The topological polar surface area (TPSA) is 149 Å². The highest BCUT2D eigenvalue weighted by Gasteiger charge is 2.32. The van der Waals surface area contributed by atoms with E-state index in [0.29, 0.717) is 16.7 Å². The quantitative estimate of drug-likeness (QED) is 0.358. The highest BCUT2D eigenvalue weighted by Crippen LogP contribution is 2.32. The number of rotatable bonds is 4. The van der Waals surface area contributed by atoms with E-state index >= 15 is 0 Å². The van der Waals surface area contributed by atoms with Gasteiger partial charge in [-0.25, -0.2) is 13.8 Å². The fraction of sp³-hybridized carbons (Fsp3) is 0.136. The van der Waals surface area contributed by atoms with E-state index in [1.165, 1.54) is 19.1 Å². The summed E-state index contributed by atoms with van der Waals surface area (Å²) in [6.45, 7) is 1.43. The normalized spacial score (nSPS) is 12.4. The van der Waals surface area contributed by atoms with Gasteiger partial charge >= 0.3 is 6.18 Å². The second kappa shape index (κ2) is 8.77. The van der Waals surface area contributed by atoms with Crippen LogP contribution in [0.15, 0.2) is 41.2 Å². The molecule has 0 fully saturated rings. The smallest absolute Gasteiger partial charge is 0.382 e. The maximum Gasteiger partial charge on any atom is 0.416 e. The van der Waals surface area contributed by atoms with E-state index in [4.69, 9.17) is 11.5 Å². The Hall–Kier alpha value is -4.80. The summed E-state index contributed by atoms with van der Waals surface area (Å²) in [5.41, 5.74) is 8.01. The van der Waals surface area contributed by atoms with E-state index in [1.807, 2.05) is 0 Å². The molecule has 0 aliphatic heterocycles. The number of anilines is 3. The fourth-order valence-corrected chi connectivity index (χ4v) is 3.59. The van der Waals surface area contributed by atoms with E-state index in [0.717, 1.165) is 6.07 Å². The monoisotopic (exact) mass is 502 g/mol. The third-order valence-corrected chi connectivity index (χ3v) is 5.15. The van der Waals surface area contributed by atoms with E-state index in [1.54, 1.807) is 6.07 Å². The number of alkyl halides is 3. The SMILES string of the molecule is CC(Nc1nc(N)nc(N)c1C#N)c1nc2cccc(F)c2c(=O)n1-c1cc(F)cc(C(F)(F)F)c1. The zero-order chi connectivity index (χ0) is 26.4. The van der Waals surface area contributed by atoms with Crippen LogP contribution in [0.5, 0.6) is 0 Å². The minimum Gasteiger partial charge on any atom is -0.382 e. The van der Waals surface area contributed by atoms with Crippen LogP contribution in [0.2, 0.25) is 0 Å². The molecule has 4 aromatic rings. The van der Waals surface area contributed by atoms with Gasteiger partial charge in [-0.1, -0.05) is 6.07 Å². The summed E-state index contributed by atoms with van der Waals surface area (Å²) in [4.78, 5) is 25.2. The van der Waals surface area contributed by atoms with Gasteiger partial charge in [0.1, 0.15) is 40.3 Å². The second-order valence-electron chi connectivity index (χ2n) is 7.61. The van der Waals surface area contributed by atoms with Gasteiger partial charge in [0, 0.05) is 0 Å². The molecule has 1 atom stereocenters. The standard InChI is InChI=1S/C22H15F5N8O/c1-9(31-18-13(8-28)17(29)33-21(30)34-18)19-32-15-4-2-3-14(24)16(15)20(36)35(19)12-6-10(22(25,26)27)5-11(23)7-12/h2-7,9H,1H3,(H5,29,30,31,33,34). The molecule has 0 radical (unpaired) electrons. The summed E-state index contributed by atoms with van der Waals surface area (Å²) in [5.74, 6) is -3.17. The molecule has 2 heterocycles. The average Bonchev–Trinajstić information content (AvgIpc) is 2.77. The molecule has 2 aromatic heterocycles. The third kappa shape index (κ3) is 4.33. The van der Waals surface area contributed by atoms with Crippen LogP contribution in [-0.4, -0.2) is 19.5 Å². The summed E-state index contributed by atoms with van der Waals surface area (Å²) in [5, 5.41) is 11.7. The van der Waals surface area contributed by atoms with Gasteiger partial charge in [0.25, 0.3) is 5.56 Å². The first-order valence-electron chi connectivity index (χ1n) is 10.1. The number of fused-ring (bicyclic) bond motifs is 1. The van der Waals surface area contributed by atoms with Crippen LogP contribution < -0.4 is 22.3 Å². The number of nitrogens with two attached hydrogens (primary N) is 2. The van der Waals surface area contributed by atoms with Crippen LogP contribution in [0.25, 0.3) is 16.6 Å². The van der Waals surface area contributed by atoms with Gasteiger partial charge in [-0.3, -0.25) is 9.36 Å². The Morgan fingerprint density at radius 3 is 2.50 bits per heavy atom. The molecular formula is C22H15F5N8O. The van der Waals surface area contributed by atoms with Gasteiger partial charge in [-0.15, -0.1) is 0 Å². The van der Waals surface area contributed by atoms with Crippen LogP contribution in [0.1, 0.15) is 29.9 Å². The lowest BCUT2D eigenvalue weighted by atomic mass is 10.1. The Labute approximate surface area is 198 Å². The van der Waals surface area contributed by atoms with E-state index in [-0.39, 0.29) is 40.6 Å². The molecule has 0 spiro atoms. The predicted octanol–water partition coefficient (Wildman–Crippen LogP) is 3.68. The van der Waals surface area contributed by atoms with Crippen molar-refractivity contribution < 1.29 is 22.0 Å². The first kappa shape index (κ1) is 24.3. The van der Waals surface area contributed by atoms with Crippen molar-refractivity contribution >= 4 is 28.5 Å². The molecule has 36 heavy (non-hydrogen) atoms. The maximum absolute atomic E-state index is 14.6. The molecule has 5 N–H and O–H groups in total. The highest BCUT2D eigenvalue weighted by molar-refractivity contribution is 5.79. The molecule has 0 aliphatic rings. The molecule has 14 heteroatoms. The zero-order valence-electron chi connectivity index (χ0n) is 18.2. The van der Waals surface area contributed by atoms with Crippen molar-refractivity contribution in [1.82, 2.24) is 19.5 Å². The Kier molecular flexibility index (Phi) is 5.92. The average molecular weight is 502 g/mol. The van der Waals surface area contributed by atoms with Gasteiger partial charge < -0.3 is 16.8 Å². The van der Waals surface area contributed by atoms with Crippen molar-refractivity contribution in [2.45, 2.75) is 19.1 Å². The minimum absolute atomic E-state index is 0.102. The Bertz CT molecular complexity index is 1610. The van der Waals surface area contributed by atoms with Crippen molar-refractivity contribution in [3.05, 3.63) is 75.3 Å². The van der Waals surface area contributed by atoms with Crippen molar-refractivity contribution in [2.24, 2.45) is 0 Å². The Balaban J connectivity index is 2.00. The van der Waals surface area contributed by atoms with Crippen molar-refractivity contribution in [2.75, 3.05) is 16.8 Å². The lowest BCUT2D eigenvalue weighted by Crippen LogP contribution is -2.28. The molecule has 0 saturated carbocycles. The molecule has 0 bridgehead atoms. The number of nitrogens with one attached hydrogen (secondary N) is 1. The lowest BCUT2D eigenvalue weighted by molar-refractivity contribution is -0.137. The summed E-state index contributed by atoms with van der Waals surface area (Å²) >= 11 is 0. The van der Waals surface area contributed by atoms with Crippen molar-refractivity contribution in [1.29, 1.82) is 5.26 Å². The highest BCUT2D eigenvalue weighted by atomic mass is 19.4. The molecule has 0 amide bonds. The van der Waals surface area contributed by atoms with Crippen LogP contribution in [0.4, 0.5) is 39.5 Å². The van der Waals surface area contributed by atoms with Gasteiger partial charge in [0.15, 0.2) is 5.82 Å². The zero-order valence-corrected chi connectivity index (χ0v) is 18.2. The van der Waals surface area contributed by atoms with Gasteiger partial charge in [0.05, 0.1) is 22.8 Å².